The second-order valence-electron chi connectivity index (χ2n) is 26.9. The lowest BCUT2D eigenvalue weighted by molar-refractivity contribution is -0.267. The van der Waals surface area contributed by atoms with E-state index in [4.69, 9.17) is 36.7 Å². The van der Waals surface area contributed by atoms with Crippen molar-refractivity contribution in [3.05, 3.63) is 24.5 Å². The summed E-state index contributed by atoms with van der Waals surface area (Å²) in [6, 6.07) is 3.32. The Morgan fingerprint density at radius 3 is 1.84 bits per heavy atom. The van der Waals surface area contributed by atoms with Crippen LogP contribution in [0, 0.1) is 5.92 Å². The smallest absolute Gasteiger partial charge is 0.417 e. The maximum atomic E-state index is 13.0. The van der Waals surface area contributed by atoms with Crippen LogP contribution < -0.4 is 0 Å². The number of ether oxygens (including phenoxy) is 4. The minimum Gasteiger partial charge on any atom is -0.417 e. The van der Waals surface area contributed by atoms with Crippen molar-refractivity contribution < 1.29 is 67.5 Å². The van der Waals surface area contributed by atoms with E-state index in [-0.39, 0.29) is 58.2 Å². The van der Waals surface area contributed by atoms with E-state index in [2.05, 4.69) is 156 Å². The van der Waals surface area contributed by atoms with Gasteiger partial charge in [0.1, 0.15) is 35.8 Å². The predicted octanol–water partition coefficient (Wildman–Crippen LogP) is 14.5. The lowest BCUT2D eigenvalue weighted by Gasteiger charge is -2.56. The molecule has 4 heterocycles. The molecule has 75 heavy (non-hydrogen) atoms. The number of aliphatic hydroxyl groups is 1. The molecule has 0 amide bonds. The van der Waals surface area contributed by atoms with Crippen LogP contribution in [0.1, 0.15) is 148 Å². The second-order valence-corrected chi connectivity index (χ2v) is 48.3. The number of halogens is 4. The molecule has 0 aromatic carbocycles. The van der Waals surface area contributed by atoms with E-state index in [1.54, 1.807) is 6.92 Å². The Kier molecular flexibility index (Phi) is 23.3. The van der Waals surface area contributed by atoms with Gasteiger partial charge in [0, 0.05) is 23.4 Å². The number of rotatable bonds is 25. The molecule has 1 N–H and O–H groups in total. The molecule has 4 fully saturated rings. The van der Waals surface area contributed by atoms with E-state index in [0.29, 0.717) is 43.1 Å². The Morgan fingerprint density at radius 2 is 1.32 bits per heavy atom. The van der Waals surface area contributed by atoms with Crippen LogP contribution >= 0.6 is 22.6 Å². The van der Waals surface area contributed by atoms with Crippen LogP contribution in [0.25, 0.3) is 0 Å². The minimum absolute atomic E-state index is 0.00316. The summed E-state index contributed by atoms with van der Waals surface area (Å²) in [6.07, 6.45) is 4.99. The molecule has 4 aliphatic heterocycles. The molecule has 0 spiro atoms. The van der Waals surface area contributed by atoms with Crippen LogP contribution in [-0.2, 0) is 51.0 Å². The Balaban J connectivity index is 1.64. The molecule has 0 aliphatic carbocycles. The molecule has 4 saturated heterocycles. The van der Waals surface area contributed by atoms with Gasteiger partial charge < -0.3 is 45.9 Å². The highest BCUT2D eigenvalue weighted by Gasteiger charge is 2.58. The van der Waals surface area contributed by atoms with Gasteiger partial charge in [-0.3, -0.25) is 0 Å². The van der Waals surface area contributed by atoms with Gasteiger partial charge in [0.05, 0.1) is 42.7 Å². The van der Waals surface area contributed by atoms with E-state index < -0.39 is 96.7 Å². The average molecular weight is 1270 g/mol. The lowest BCUT2D eigenvalue weighted by atomic mass is 9.85. The third kappa shape index (κ3) is 16.9. The Labute approximate surface area is 470 Å². The van der Waals surface area contributed by atoms with Crippen LogP contribution in [0.3, 0.4) is 0 Å². The molecule has 12 nitrogen and oxygen atoms in total. The monoisotopic (exact) mass is 1270 g/mol. The average Bonchev–Trinajstić information content (AvgIpc) is 3.66. The Hall–Kier alpha value is 0.258. The molecule has 0 saturated carbocycles. The first-order chi connectivity index (χ1) is 34.1. The summed E-state index contributed by atoms with van der Waals surface area (Å²) in [6.45, 7) is 46.6. The lowest BCUT2D eigenvalue weighted by Crippen LogP contribution is -2.69. The molecular formula is C54H102F3IO12SSi4. The molecule has 0 aromatic rings. The van der Waals surface area contributed by atoms with Crippen molar-refractivity contribution in [3.63, 3.8) is 0 Å². The molecule has 440 valence electrons. The van der Waals surface area contributed by atoms with Crippen LogP contribution in [0.4, 0.5) is 13.2 Å². The summed E-state index contributed by atoms with van der Waals surface area (Å²) in [5, 5.41) is 11.5. The molecule has 4 rings (SSSR count). The number of alkyl halides is 4. The van der Waals surface area contributed by atoms with Crippen molar-refractivity contribution in [2.45, 2.75) is 299 Å². The van der Waals surface area contributed by atoms with Gasteiger partial charge in [0.15, 0.2) is 33.3 Å². The van der Waals surface area contributed by atoms with E-state index >= 15 is 0 Å². The summed E-state index contributed by atoms with van der Waals surface area (Å²) >= 11 is 2.30. The van der Waals surface area contributed by atoms with Crippen LogP contribution in [0.5, 0.6) is 0 Å². The van der Waals surface area contributed by atoms with Crippen molar-refractivity contribution in [2.75, 3.05) is 11.0 Å². The predicted molar refractivity (Wildman–Crippen MR) is 313 cm³/mol. The summed E-state index contributed by atoms with van der Waals surface area (Å²) < 4.78 is 125. The number of hydrogen-bond acceptors (Lipinski definition) is 12. The summed E-state index contributed by atoms with van der Waals surface area (Å²) in [7, 11) is -15.1. The van der Waals surface area contributed by atoms with E-state index in [9.17, 15) is 26.7 Å². The van der Waals surface area contributed by atoms with Gasteiger partial charge in [-0.1, -0.05) is 131 Å². The molecule has 0 aromatic heterocycles. The molecule has 13 atom stereocenters. The van der Waals surface area contributed by atoms with Crippen molar-refractivity contribution in [3.8, 4) is 0 Å². The number of fused-ring (bicyclic) bond motifs is 2. The Morgan fingerprint density at radius 1 is 0.773 bits per heavy atom. The summed E-state index contributed by atoms with van der Waals surface area (Å²) in [5.74, 6) is -1.19. The zero-order valence-corrected chi connectivity index (χ0v) is 56.5. The van der Waals surface area contributed by atoms with E-state index in [0.717, 1.165) is 37.4 Å². The third-order valence-electron chi connectivity index (χ3n) is 18.5. The topological polar surface area (TPSA) is 137 Å². The maximum Gasteiger partial charge on any atom is 0.534 e. The highest BCUT2D eigenvalue weighted by atomic mass is 127. The van der Waals surface area contributed by atoms with E-state index in [1.807, 2.05) is 12.2 Å². The first-order valence-electron chi connectivity index (χ1n) is 28.1. The standard InChI is InChI=1S/C54H102F3IO12SSi4/c1-21-75(22-2,23-3)62-33-32-40-27-30-43-46(64-40)48(69-73(17,18)51(9,10)11)49(70-74(19,20)52(12,13)14)47(65-43)44(68-72(15,16)50(6,7)8)29-25-39(59)24-26-42-35-53(36-58)45(63-42)31-28-41(66-53)34-37(4)38(5)67-71(60,61)54(55,56)57/h25,29,37,39-49,59H,5,21-24,26-28,30-36H2,1-4,6-20H3/t37-,39?,40-,41-,42+,43+,44+,45+,46+,47+,48+,49-,53-/m1/s1. The zero-order valence-electron chi connectivity index (χ0n) is 49.5. The second kappa shape index (κ2) is 25.8. The van der Waals surface area contributed by atoms with Crippen LogP contribution in [-0.4, -0.2) is 136 Å². The first kappa shape index (κ1) is 67.8. The fourth-order valence-corrected chi connectivity index (χ4v) is 18.1. The van der Waals surface area contributed by atoms with Crippen molar-refractivity contribution >= 4 is 66.0 Å². The van der Waals surface area contributed by atoms with Crippen LogP contribution in [0.2, 0.25) is 72.5 Å². The number of hydrogen-bond donors (Lipinski definition) is 1. The van der Waals surface area contributed by atoms with Gasteiger partial charge in [-0.05, 0) is 124 Å². The van der Waals surface area contributed by atoms with Gasteiger partial charge in [0.2, 0.25) is 0 Å². The van der Waals surface area contributed by atoms with Gasteiger partial charge in [-0.2, -0.15) is 21.6 Å². The van der Waals surface area contributed by atoms with Gasteiger partial charge in [0.25, 0.3) is 0 Å². The molecule has 1 unspecified atom stereocenters. The van der Waals surface area contributed by atoms with Crippen molar-refractivity contribution in [1.29, 1.82) is 0 Å². The van der Waals surface area contributed by atoms with Gasteiger partial charge >= 0.3 is 15.6 Å². The first-order valence-corrected chi connectivity index (χ1v) is 42.3. The quantitative estimate of drug-likeness (QED) is 0.0177. The number of aliphatic hydroxyl groups excluding tert-OH is 1. The van der Waals surface area contributed by atoms with Crippen LogP contribution in [0.15, 0.2) is 24.5 Å². The number of allylic oxidation sites excluding steroid dienone is 1. The highest BCUT2D eigenvalue weighted by molar-refractivity contribution is 14.1. The maximum absolute atomic E-state index is 13.0. The summed E-state index contributed by atoms with van der Waals surface area (Å²) in [5.41, 5.74) is -6.19. The normalized spacial score (nSPS) is 30.2. The largest absolute Gasteiger partial charge is 0.534 e. The third-order valence-corrected chi connectivity index (χ3v) is 38.9. The minimum atomic E-state index is -5.82. The van der Waals surface area contributed by atoms with Gasteiger partial charge in [-0.25, -0.2) is 0 Å². The zero-order chi connectivity index (χ0) is 57.2. The van der Waals surface area contributed by atoms with Crippen molar-refractivity contribution in [1.82, 2.24) is 0 Å². The Bertz CT molecular complexity index is 1980. The molecule has 21 heteroatoms. The molecule has 0 bridgehead atoms. The summed E-state index contributed by atoms with van der Waals surface area (Å²) in [4.78, 5) is 0. The highest BCUT2D eigenvalue weighted by Crippen LogP contribution is 2.49. The molecule has 4 aliphatic rings. The molecular weight excluding hydrogens is 1170 g/mol. The van der Waals surface area contributed by atoms with Crippen molar-refractivity contribution in [2.24, 2.45) is 5.92 Å². The fraction of sp³-hybridized carbons (Fsp3) is 0.926. The fourth-order valence-electron chi connectivity index (χ4n) is 10.1. The van der Waals surface area contributed by atoms with Gasteiger partial charge in [-0.15, -0.1) is 0 Å². The SMILES string of the molecule is C=C(OS(=O)(=O)C(F)(F)F)[C@H](C)C[C@H]1CC[C@@H]2O[C@@H](CCC(O)C=C[C@H](O[Si](C)(C)C(C)(C)C)[C@@H]3O[C@H]4CC[C@H](CCO[Si](CC)(CC)CC)O[C@@H]4[C@H](O[Si](C)(C)C(C)(C)C)[C@@H]3O[Si](C)(C)C(C)(C)C)C[C@]2(CI)O1. The molecule has 0 radical (unpaired) electrons. The van der Waals surface area contributed by atoms with E-state index in [1.165, 1.54) is 0 Å².